The molecule has 1 aromatic heterocycles. The van der Waals surface area contributed by atoms with Crippen molar-refractivity contribution in [1.29, 1.82) is 0 Å². The zero-order valence-electron chi connectivity index (χ0n) is 19.4. The second-order valence-corrected chi connectivity index (χ2v) is 8.90. The monoisotopic (exact) mass is 439 g/mol. The van der Waals surface area contributed by atoms with Crippen molar-refractivity contribution in [3.63, 3.8) is 0 Å². The van der Waals surface area contributed by atoms with E-state index >= 15 is 0 Å². The lowest BCUT2D eigenvalue weighted by Crippen LogP contribution is -2.25. The smallest absolute Gasteiger partial charge is 0.227 e. The van der Waals surface area contributed by atoms with E-state index in [1.165, 1.54) is 11.1 Å². The average molecular weight is 440 g/mol. The highest BCUT2D eigenvalue weighted by atomic mass is 16.5. The number of aromatic nitrogens is 2. The first-order chi connectivity index (χ1) is 16.0. The predicted molar refractivity (Wildman–Crippen MR) is 132 cm³/mol. The molecule has 5 heteroatoms. The van der Waals surface area contributed by atoms with Crippen LogP contribution in [0.2, 0.25) is 0 Å². The number of amides is 1. The SMILES string of the molecule is Cc1ccc(OCCn2c([C@H]3CC(=O)N(c4cccc(C)c4C)C3)nc3ccccc32)cc1. The highest BCUT2D eigenvalue weighted by Gasteiger charge is 2.35. The zero-order chi connectivity index (χ0) is 22.9. The van der Waals surface area contributed by atoms with Gasteiger partial charge in [0.05, 0.1) is 17.6 Å². The van der Waals surface area contributed by atoms with Crippen molar-refractivity contribution in [3.8, 4) is 5.75 Å². The van der Waals surface area contributed by atoms with Gasteiger partial charge in [-0.2, -0.15) is 0 Å². The number of fused-ring (bicyclic) bond motifs is 1. The van der Waals surface area contributed by atoms with Crippen molar-refractivity contribution >= 4 is 22.6 Å². The Morgan fingerprint density at radius 1 is 0.970 bits per heavy atom. The molecule has 0 N–H and O–H groups in total. The minimum atomic E-state index is 0.0455. The molecule has 1 aliphatic rings. The second-order valence-electron chi connectivity index (χ2n) is 8.90. The summed E-state index contributed by atoms with van der Waals surface area (Å²) in [6, 6.07) is 22.4. The first-order valence-corrected chi connectivity index (χ1v) is 11.5. The summed E-state index contributed by atoms with van der Waals surface area (Å²) >= 11 is 0. The maximum Gasteiger partial charge on any atom is 0.227 e. The number of nitrogens with zero attached hydrogens (tertiary/aromatic N) is 3. The Kier molecular flexibility index (Phi) is 5.63. The lowest BCUT2D eigenvalue weighted by Gasteiger charge is -2.20. The number of hydrogen-bond donors (Lipinski definition) is 0. The van der Waals surface area contributed by atoms with Crippen molar-refractivity contribution in [2.45, 2.75) is 39.7 Å². The Balaban J connectivity index is 1.41. The number of carbonyl (C=O) groups excluding carboxylic acids is 1. The molecule has 1 saturated heterocycles. The standard InChI is InChI=1S/C28H29N3O2/c1-19-11-13-23(14-12-19)33-16-15-30-26-9-5-4-8-24(26)29-28(30)22-17-27(32)31(18-22)25-10-6-7-20(2)21(25)3/h4-14,22H,15-18H2,1-3H3/t22-/m0/s1. The van der Waals surface area contributed by atoms with E-state index in [9.17, 15) is 4.79 Å². The normalized spacial score (nSPS) is 16.0. The first-order valence-electron chi connectivity index (χ1n) is 11.5. The van der Waals surface area contributed by atoms with Crippen LogP contribution in [-0.2, 0) is 11.3 Å². The lowest BCUT2D eigenvalue weighted by atomic mass is 10.1. The quantitative estimate of drug-likeness (QED) is 0.395. The molecule has 0 saturated carbocycles. The summed E-state index contributed by atoms with van der Waals surface area (Å²) in [5.41, 5.74) is 6.62. The number of ether oxygens (including phenoxy) is 1. The maximum atomic E-state index is 13.0. The molecule has 1 atom stereocenters. The van der Waals surface area contributed by atoms with Crippen LogP contribution in [0.4, 0.5) is 5.69 Å². The van der Waals surface area contributed by atoms with Crippen LogP contribution in [-0.4, -0.2) is 28.6 Å². The highest BCUT2D eigenvalue weighted by Crippen LogP contribution is 2.35. The molecular weight excluding hydrogens is 410 g/mol. The van der Waals surface area contributed by atoms with E-state index in [-0.39, 0.29) is 11.8 Å². The number of benzene rings is 3. The number of carbonyl (C=O) groups is 1. The molecule has 0 aliphatic carbocycles. The van der Waals surface area contributed by atoms with Gasteiger partial charge in [-0.15, -0.1) is 0 Å². The lowest BCUT2D eigenvalue weighted by molar-refractivity contribution is -0.117. The van der Waals surface area contributed by atoms with Crippen LogP contribution in [0.5, 0.6) is 5.75 Å². The molecule has 0 spiro atoms. The largest absolute Gasteiger partial charge is 0.492 e. The van der Waals surface area contributed by atoms with Crippen LogP contribution >= 0.6 is 0 Å². The molecule has 33 heavy (non-hydrogen) atoms. The van der Waals surface area contributed by atoms with E-state index in [1.807, 2.05) is 47.4 Å². The third-order valence-corrected chi connectivity index (χ3v) is 6.65. The van der Waals surface area contributed by atoms with Gasteiger partial charge in [0.25, 0.3) is 0 Å². The fraction of sp³-hybridized carbons (Fsp3) is 0.286. The average Bonchev–Trinajstić information content (AvgIpc) is 3.38. The highest BCUT2D eigenvalue weighted by molar-refractivity contribution is 5.97. The molecule has 5 rings (SSSR count). The van der Waals surface area contributed by atoms with Gasteiger partial charge >= 0.3 is 0 Å². The van der Waals surface area contributed by atoms with Crippen molar-refractivity contribution in [2.75, 3.05) is 18.1 Å². The van der Waals surface area contributed by atoms with Gasteiger partial charge in [0.1, 0.15) is 18.2 Å². The first kappa shape index (κ1) is 21.3. The van der Waals surface area contributed by atoms with Crippen LogP contribution in [0, 0.1) is 20.8 Å². The van der Waals surface area contributed by atoms with Gasteiger partial charge in [-0.1, -0.05) is 42.0 Å². The van der Waals surface area contributed by atoms with Crippen LogP contribution in [0.15, 0.2) is 66.7 Å². The van der Waals surface area contributed by atoms with Crippen LogP contribution in [0.25, 0.3) is 11.0 Å². The Bertz CT molecular complexity index is 1310. The molecule has 168 valence electrons. The molecular formula is C28H29N3O2. The van der Waals surface area contributed by atoms with E-state index in [0.717, 1.165) is 33.9 Å². The Morgan fingerprint density at radius 3 is 2.58 bits per heavy atom. The number of imidazole rings is 1. The van der Waals surface area contributed by atoms with Gasteiger partial charge in [-0.05, 0) is 62.2 Å². The van der Waals surface area contributed by atoms with E-state index < -0.39 is 0 Å². The molecule has 5 nitrogen and oxygen atoms in total. The maximum absolute atomic E-state index is 13.0. The fourth-order valence-electron chi connectivity index (χ4n) is 4.67. The van der Waals surface area contributed by atoms with Crippen LogP contribution in [0.3, 0.4) is 0 Å². The molecule has 1 fully saturated rings. The van der Waals surface area contributed by atoms with Crippen molar-refractivity contribution < 1.29 is 9.53 Å². The Morgan fingerprint density at radius 2 is 1.76 bits per heavy atom. The van der Waals surface area contributed by atoms with E-state index in [2.05, 4.69) is 49.6 Å². The summed E-state index contributed by atoms with van der Waals surface area (Å²) in [6.07, 6.45) is 0.468. The van der Waals surface area contributed by atoms with Gasteiger partial charge < -0.3 is 14.2 Å². The molecule has 3 aromatic carbocycles. The summed E-state index contributed by atoms with van der Waals surface area (Å²) in [4.78, 5) is 19.9. The Labute approximate surface area is 194 Å². The zero-order valence-corrected chi connectivity index (χ0v) is 19.4. The molecule has 0 radical (unpaired) electrons. The third kappa shape index (κ3) is 4.11. The number of para-hydroxylation sites is 2. The second kappa shape index (κ2) is 8.74. The fourth-order valence-corrected chi connectivity index (χ4v) is 4.67. The van der Waals surface area contributed by atoms with E-state index in [4.69, 9.17) is 9.72 Å². The molecule has 1 amide bonds. The van der Waals surface area contributed by atoms with Crippen LogP contribution < -0.4 is 9.64 Å². The van der Waals surface area contributed by atoms with Gasteiger partial charge in [0.15, 0.2) is 0 Å². The molecule has 1 aliphatic heterocycles. The van der Waals surface area contributed by atoms with Crippen molar-refractivity contribution in [2.24, 2.45) is 0 Å². The van der Waals surface area contributed by atoms with Gasteiger partial charge in [0.2, 0.25) is 5.91 Å². The number of anilines is 1. The summed E-state index contributed by atoms with van der Waals surface area (Å²) in [7, 11) is 0. The summed E-state index contributed by atoms with van der Waals surface area (Å²) < 4.78 is 8.25. The number of hydrogen-bond acceptors (Lipinski definition) is 3. The third-order valence-electron chi connectivity index (χ3n) is 6.65. The van der Waals surface area contributed by atoms with Crippen molar-refractivity contribution in [3.05, 3.63) is 89.2 Å². The molecule has 0 bridgehead atoms. The van der Waals surface area contributed by atoms with Gasteiger partial charge in [-0.25, -0.2) is 4.98 Å². The van der Waals surface area contributed by atoms with Gasteiger partial charge in [-0.3, -0.25) is 4.79 Å². The Hall–Kier alpha value is -3.60. The minimum absolute atomic E-state index is 0.0455. The summed E-state index contributed by atoms with van der Waals surface area (Å²) in [5.74, 6) is 2.03. The van der Waals surface area contributed by atoms with Crippen molar-refractivity contribution in [1.82, 2.24) is 9.55 Å². The minimum Gasteiger partial charge on any atom is -0.492 e. The summed E-state index contributed by atoms with van der Waals surface area (Å²) in [5, 5.41) is 0. The molecule has 2 heterocycles. The predicted octanol–water partition coefficient (Wildman–Crippen LogP) is 5.56. The summed E-state index contributed by atoms with van der Waals surface area (Å²) in [6.45, 7) is 8.10. The molecule has 4 aromatic rings. The van der Waals surface area contributed by atoms with E-state index in [1.54, 1.807) is 0 Å². The van der Waals surface area contributed by atoms with E-state index in [0.29, 0.717) is 26.1 Å². The topological polar surface area (TPSA) is 47.4 Å². The molecule has 0 unspecified atom stereocenters. The number of rotatable bonds is 6. The number of aryl methyl sites for hydroxylation is 2. The van der Waals surface area contributed by atoms with Gasteiger partial charge in [0, 0.05) is 24.6 Å². The van der Waals surface area contributed by atoms with Crippen LogP contribution in [0.1, 0.15) is 34.9 Å².